The van der Waals surface area contributed by atoms with Crippen LogP contribution in [0.25, 0.3) is 0 Å². The standard InChI is InChI=1S/C19H18N4O2S.C2H6/c1-13-10-17(24)23-19(20-13)26-12-18(25)22-16-9-5-8-15(11-16)21-14-6-3-2-4-7-14;1-2/h2-11,21H,12H2,1H3,(H,22,25)(H,20,23,24);1-2H3. The average Bonchev–Trinajstić information content (AvgIpc) is 2.68. The van der Waals surface area contributed by atoms with Crippen molar-refractivity contribution in [2.45, 2.75) is 25.9 Å². The van der Waals surface area contributed by atoms with Crippen LogP contribution < -0.4 is 16.2 Å². The van der Waals surface area contributed by atoms with Crippen LogP contribution in [0.2, 0.25) is 0 Å². The van der Waals surface area contributed by atoms with Gasteiger partial charge in [-0.25, -0.2) is 4.98 Å². The van der Waals surface area contributed by atoms with Gasteiger partial charge in [0.05, 0.1) is 5.75 Å². The van der Waals surface area contributed by atoms with Crippen molar-refractivity contribution in [2.75, 3.05) is 16.4 Å². The molecule has 0 spiro atoms. The minimum Gasteiger partial charge on any atom is -0.355 e. The summed E-state index contributed by atoms with van der Waals surface area (Å²) in [6, 6.07) is 18.7. The Bertz CT molecular complexity index is 958. The van der Waals surface area contributed by atoms with E-state index in [-0.39, 0.29) is 17.2 Å². The average molecular weight is 397 g/mol. The van der Waals surface area contributed by atoms with Gasteiger partial charge in [0.15, 0.2) is 5.16 Å². The molecule has 1 aromatic heterocycles. The fourth-order valence-electron chi connectivity index (χ4n) is 2.31. The number of amides is 1. The number of para-hydroxylation sites is 1. The number of anilines is 3. The zero-order valence-electron chi connectivity index (χ0n) is 16.2. The van der Waals surface area contributed by atoms with E-state index in [1.807, 2.05) is 68.4 Å². The fraction of sp³-hybridized carbons (Fsp3) is 0.190. The predicted octanol–water partition coefficient (Wildman–Crippen LogP) is 4.58. The third-order valence-electron chi connectivity index (χ3n) is 3.40. The number of benzene rings is 2. The highest BCUT2D eigenvalue weighted by molar-refractivity contribution is 7.99. The van der Waals surface area contributed by atoms with Gasteiger partial charge in [-0.1, -0.05) is 49.9 Å². The lowest BCUT2D eigenvalue weighted by atomic mass is 10.2. The number of carbonyl (C=O) groups is 1. The van der Waals surface area contributed by atoms with Gasteiger partial charge in [-0.15, -0.1) is 0 Å². The van der Waals surface area contributed by atoms with Crippen LogP contribution >= 0.6 is 11.8 Å². The van der Waals surface area contributed by atoms with Crippen molar-refractivity contribution in [1.29, 1.82) is 0 Å². The molecule has 0 aliphatic carbocycles. The lowest BCUT2D eigenvalue weighted by Gasteiger charge is -2.09. The summed E-state index contributed by atoms with van der Waals surface area (Å²) in [7, 11) is 0. The van der Waals surface area contributed by atoms with E-state index in [1.54, 1.807) is 6.92 Å². The van der Waals surface area contributed by atoms with Crippen LogP contribution in [0, 0.1) is 6.92 Å². The van der Waals surface area contributed by atoms with Crippen LogP contribution in [-0.2, 0) is 4.79 Å². The number of nitrogens with zero attached hydrogens (tertiary/aromatic N) is 1. The lowest BCUT2D eigenvalue weighted by molar-refractivity contribution is -0.113. The first-order valence-corrected chi connectivity index (χ1v) is 10.00. The van der Waals surface area contributed by atoms with Crippen molar-refractivity contribution >= 4 is 34.7 Å². The molecule has 146 valence electrons. The van der Waals surface area contributed by atoms with Gasteiger partial charge in [-0.3, -0.25) is 9.59 Å². The maximum atomic E-state index is 12.2. The highest BCUT2D eigenvalue weighted by atomic mass is 32.2. The minimum atomic E-state index is -0.222. The van der Waals surface area contributed by atoms with E-state index in [4.69, 9.17) is 0 Å². The van der Waals surface area contributed by atoms with E-state index in [0.29, 0.717) is 16.5 Å². The second-order valence-corrected chi connectivity index (χ2v) is 6.56. The largest absolute Gasteiger partial charge is 0.355 e. The molecule has 3 rings (SSSR count). The van der Waals surface area contributed by atoms with Gasteiger partial charge in [0, 0.05) is 28.8 Å². The molecule has 0 aliphatic rings. The Labute approximate surface area is 168 Å². The predicted molar refractivity (Wildman–Crippen MR) is 116 cm³/mol. The van der Waals surface area contributed by atoms with Crippen molar-refractivity contribution in [3.05, 3.63) is 76.7 Å². The molecule has 1 heterocycles. The molecular formula is C21H24N4O2S. The van der Waals surface area contributed by atoms with E-state index in [0.717, 1.165) is 11.4 Å². The zero-order chi connectivity index (χ0) is 20.4. The van der Waals surface area contributed by atoms with Gasteiger partial charge in [-0.05, 0) is 37.3 Å². The quantitative estimate of drug-likeness (QED) is 0.419. The van der Waals surface area contributed by atoms with E-state index >= 15 is 0 Å². The first-order valence-electron chi connectivity index (χ1n) is 9.01. The van der Waals surface area contributed by atoms with Crippen LogP contribution in [0.1, 0.15) is 19.5 Å². The Morgan fingerprint density at radius 2 is 1.68 bits per heavy atom. The maximum Gasteiger partial charge on any atom is 0.251 e. The second kappa shape index (κ2) is 10.9. The van der Waals surface area contributed by atoms with E-state index < -0.39 is 0 Å². The summed E-state index contributed by atoms with van der Waals surface area (Å²) in [5, 5.41) is 6.56. The first-order chi connectivity index (χ1) is 13.6. The van der Waals surface area contributed by atoms with Crippen LogP contribution in [0.15, 0.2) is 70.6 Å². The first kappa shape index (κ1) is 21.2. The van der Waals surface area contributed by atoms with Crippen LogP contribution in [-0.4, -0.2) is 21.6 Å². The fourth-order valence-corrected chi connectivity index (χ4v) is 3.04. The molecule has 28 heavy (non-hydrogen) atoms. The third-order valence-corrected chi connectivity index (χ3v) is 4.27. The number of hydrogen-bond acceptors (Lipinski definition) is 5. The van der Waals surface area contributed by atoms with E-state index in [1.165, 1.54) is 17.8 Å². The van der Waals surface area contributed by atoms with Crippen molar-refractivity contribution in [3.63, 3.8) is 0 Å². The SMILES string of the molecule is CC.Cc1cc(=O)[nH]c(SCC(=O)Nc2cccc(Nc3ccccc3)c2)n1. The number of rotatable bonds is 6. The van der Waals surface area contributed by atoms with Gasteiger partial charge in [0.1, 0.15) is 0 Å². The summed E-state index contributed by atoms with van der Waals surface area (Å²) in [6.45, 7) is 5.74. The summed E-state index contributed by atoms with van der Waals surface area (Å²) < 4.78 is 0. The normalized spacial score (nSPS) is 9.82. The van der Waals surface area contributed by atoms with Crippen LogP contribution in [0.5, 0.6) is 0 Å². The van der Waals surface area contributed by atoms with Crippen molar-refractivity contribution in [2.24, 2.45) is 0 Å². The summed E-state index contributed by atoms with van der Waals surface area (Å²) in [4.78, 5) is 30.4. The molecule has 1 amide bonds. The summed E-state index contributed by atoms with van der Waals surface area (Å²) in [6.07, 6.45) is 0. The van der Waals surface area contributed by atoms with Crippen molar-refractivity contribution in [3.8, 4) is 0 Å². The Morgan fingerprint density at radius 1 is 1.00 bits per heavy atom. The topological polar surface area (TPSA) is 86.9 Å². The molecule has 3 aromatic rings. The molecular weight excluding hydrogens is 372 g/mol. The maximum absolute atomic E-state index is 12.2. The highest BCUT2D eigenvalue weighted by Gasteiger charge is 2.06. The Morgan fingerprint density at radius 3 is 2.39 bits per heavy atom. The number of carbonyl (C=O) groups excluding carboxylic acids is 1. The van der Waals surface area contributed by atoms with Gasteiger partial charge in [0.25, 0.3) is 5.56 Å². The Kier molecular flexibility index (Phi) is 8.30. The number of H-pyrrole nitrogens is 1. The molecule has 7 heteroatoms. The van der Waals surface area contributed by atoms with Gasteiger partial charge >= 0.3 is 0 Å². The van der Waals surface area contributed by atoms with Crippen LogP contribution in [0.3, 0.4) is 0 Å². The molecule has 0 unspecified atom stereocenters. The molecule has 0 saturated carbocycles. The lowest BCUT2D eigenvalue weighted by Crippen LogP contribution is -2.15. The van der Waals surface area contributed by atoms with E-state index in [9.17, 15) is 9.59 Å². The number of aryl methyl sites for hydroxylation is 1. The van der Waals surface area contributed by atoms with Crippen LogP contribution in [0.4, 0.5) is 17.1 Å². The minimum absolute atomic E-state index is 0.155. The number of aromatic amines is 1. The molecule has 2 aromatic carbocycles. The number of thioether (sulfide) groups is 1. The number of nitrogens with one attached hydrogen (secondary N) is 3. The van der Waals surface area contributed by atoms with Gasteiger partial charge < -0.3 is 15.6 Å². The Hall–Kier alpha value is -3.06. The molecule has 0 bridgehead atoms. The monoisotopic (exact) mass is 396 g/mol. The molecule has 0 saturated heterocycles. The Balaban J connectivity index is 0.00000136. The highest BCUT2D eigenvalue weighted by Crippen LogP contribution is 2.20. The molecule has 6 nitrogen and oxygen atoms in total. The molecule has 0 aliphatic heterocycles. The molecule has 3 N–H and O–H groups in total. The summed E-state index contributed by atoms with van der Waals surface area (Å²) in [5.41, 5.74) is 2.95. The van der Waals surface area contributed by atoms with Gasteiger partial charge in [0.2, 0.25) is 5.91 Å². The smallest absolute Gasteiger partial charge is 0.251 e. The second-order valence-electron chi connectivity index (χ2n) is 5.60. The molecule has 0 atom stereocenters. The summed E-state index contributed by atoms with van der Waals surface area (Å²) >= 11 is 1.19. The van der Waals surface area contributed by atoms with Gasteiger partial charge in [-0.2, -0.15) is 0 Å². The molecule has 0 radical (unpaired) electrons. The number of hydrogen-bond donors (Lipinski definition) is 3. The zero-order valence-corrected chi connectivity index (χ0v) is 17.0. The van der Waals surface area contributed by atoms with E-state index in [2.05, 4.69) is 20.6 Å². The summed E-state index contributed by atoms with van der Waals surface area (Å²) in [5.74, 6) is -0.0149. The van der Waals surface area contributed by atoms with Crippen molar-refractivity contribution < 1.29 is 4.79 Å². The molecule has 0 fully saturated rings. The van der Waals surface area contributed by atoms with Crippen molar-refractivity contribution in [1.82, 2.24) is 9.97 Å². The third kappa shape index (κ3) is 6.92. The number of aromatic nitrogens is 2.